The first kappa shape index (κ1) is 18.5. The number of furan rings is 1. The minimum atomic E-state index is -0.136. The number of pyridine rings is 1. The van der Waals surface area contributed by atoms with E-state index >= 15 is 0 Å². The van der Waals surface area contributed by atoms with Gasteiger partial charge >= 0.3 is 0 Å². The Morgan fingerprint density at radius 2 is 1.90 bits per heavy atom. The molecule has 148 valence electrons. The van der Waals surface area contributed by atoms with Crippen LogP contribution in [0.2, 0.25) is 10.0 Å². The van der Waals surface area contributed by atoms with Crippen LogP contribution >= 0.6 is 23.2 Å². The van der Waals surface area contributed by atoms with E-state index in [1.165, 1.54) is 0 Å². The van der Waals surface area contributed by atoms with Gasteiger partial charge in [-0.15, -0.1) is 0 Å². The topological polar surface area (TPSA) is 55.5 Å². The monoisotopic (exact) mass is 428 g/mol. The van der Waals surface area contributed by atoms with Crippen LogP contribution in [0.1, 0.15) is 28.6 Å². The van der Waals surface area contributed by atoms with Crippen LogP contribution in [0.5, 0.6) is 0 Å². The number of hydrogen-bond donors (Lipinski definition) is 0. The highest BCUT2D eigenvalue weighted by Crippen LogP contribution is 2.36. The van der Waals surface area contributed by atoms with Gasteiger partial charge in [-0.2, -0.15) is 0 Å². The Balaban J connectivity index is 1.40. The van der Waals surface area contributed by atoms with Gasteiger partial charge in [-0.25, -0.2) is 0 Å². The maximum atomic E-state index is 13.1. The van der Waals surface area contributed by atoms with Crippen molar-refractivity contribution in [2.75, 3.05) is 13.1 Å². The van der Waals surface area contributed by atoms with E-state index in [1.807, 2.05) is 15.5 Å². The summed E-state index contributed by atoms with van der Waals surface area (Å²) in [5.74, 6) is 1.12. The van der Waals surface area contributed by atoms with Gasteiger partial charge in [0.1, 0.15) is 5.76 Å². The van der Waals surface area contributed by atoms with Crippen molar-refractivity contribution in [3.05, 3.63) is 80.4 Å². The standard InChI is InChI=1S/C22H18Cl2N2O3/c23-15-4-5-16(17(24)9-15)19-6-7-20(29-19)22(28)25-10-13-8-14(12-25)18-2-1-3-21(27)26(18)11-13/h1-7,9,13-14H,8,10-12H2/t13-,14+/m0/s1. The number of hydrogen-bond acceptors (Lipinski definition) is 3. The maximum Gasteiger partial charge on any atom is 0.289 e. The maximum absolute atomic E-state index is 13.1. The molecule has 2 aliphatic heterocycles. The van der Waals surface area contributed by atoms with Crippen molar-refractivity contribution in [3.63, 3.8) is 0 Å². The molecule has 0 saturated carbocycles. The number of halogens is 2. The largest absolute Gasteiger partial charge is 0.451 e. The minimum absolute atomic E-state index is 0.0347. The molecular weight excluding hydrogens is 411 g/mol. The van der Waals surface area contributed by atoms with Crippen LogP contribution < -0.4 is 5.56 Å². The molecule has 5 nitrogen and oxygen atoms in total. The van der Waals surface area contributed by atoms with E-state index in [0.717, 1.165) is 12.1 Å². The number of amides is 1. The number of nitrogens with zero attached hydrogens (tertiary/aromatic N) is 2. The Labute approximate surface area is 177 Å². The molecule has 7 heteroatoms. The zero-order chi connectivity index (χ0) is 20.1. The van der Waals surface area contributed by atoms with Crippen LogP contribution in [0.15, 0.2) is 57.7 Å². The van der Waals surface area contributed by atoms with Crippen molar-refractivity contribution >= 4 is 29.1 Å². The number of rotatable bonds is 2. The number of carbonyl (C=O) groups excluding carboxylic acids is 1. The molecule has 4 heterocycles. The molecule has 0 unspecified atom stereocenters. The third kappa shape index (κ3) is 3.28. The van der Waals surface area contributed by atoms with Crippen molar-refractivity contribution in [1.82, 2.24) is 9.47 Å². The molecule has 2 aliphatic rings. The van der Waals surface area contributed by atoms with E-state index in [1.54, 1.807) is 42.5 Å². The predicted molar refractivity (Wildman–Crippen MR) is 112 cm³/mol. The van der Waals surface area contributed by atoms with E-state index in [2.05, 4.69) is 0 Å². The molecule has 0 N–H and O–H groups in total. The van der Waals surface area contributed by atoms with Gasteiger partial charge in [0.15, 0.2) is 5.76 Å². The molecular formula is C22H18Cl2N2O3. The van der Waals surface area contributed by atoms with Gasteiger partial charge < -0.3 is 13.9 Å². The summed E-state index contributed by atoms with van der Waals surface area (Å²) in [6.45, 7) is 1.85. The van der Waals surface area contributed by atoms with Gasteiger partial charge in [0, 0.05) is 47.9 Å². The number of benzene rings is 1. The first-order valence-corrected chi connectivity index (χ1v) is 10.3. The molecule has 0 spiro atoms. The molecule has 0 radical (unpaired) electrons. The Morgan fingerprint density at radius 1 is 1.03 bits per heavy atom. The molecule has 2 bridgehead atoms. The second kappa shape index (κ2) is 7.08. The molecule has 2 aromatic heterocycles. The zero-order valence-electron chi connectivity index (χ0n) is 15.5. The lowest BCUT2D eigenvalue weighted by molar-refractivity contribution is 0.0564. The molecule has 3 aromatic rings. The second-order valence-corrected chi connectivity index (χ2v) is 8.54. The van der Waals surface area contributed by atoms with E-state index in [9.17, 15) is 9.59 Å². The van der Waals surface area contributed by atoms with E-state index in [0.29, 0.717) is 41.0 Å². The fraction of sp³-hybridized carbons (Fsp3) is 0.273. The van der Waals surface area contributed by atoms with Gasteiger partial charge in [0.25, 0.3) is 11.5 Å². The first-order chi connectivity index (χ1) is 14.0. The third-order valence-electron chi connectivity index (χ3n) is 5.78. The highest BCUT2D eigenvalue weighted by atomic mass is 35.5. The lowest BCUT2D eigenvalue weighted by atomic mass is 9.83. The summed E-state index contributed by atoms with van der Waals surface area (Å²) in [6.07, 6.45) is 0.997. The molecule has 1 saturated heterocycles. The quantitative estimate of drug-likeness (QED) is 0.595. The van der Waals surface area contributed by atoms with Crippen LogP contribution in [0.4, 0.5) is 0 Å². The predicted octanol–water partition coefficient (Wildman–Crippen LogP) is 4.67. The van der Waals surface area contributed by atoms with Gasteiger partial charge in [0.2, 0.25) is 0 Å². The summed E-state index contributed by atoms with van der Waals surface area (Å²) >= 11 is 12.2. The average molecular weight is 429 g/mol. The van der Waals surface area contributed by atoms with Crippen molar-refractivity contribution < 1.29 is 9.21 Å². The number of aromatic nitrogens is 1. The number of fused-ring (bicyclic) bond motifs is 4. The minimum Gasteiger partial charge on any atom is -0.451 e. The lowest BCUT2D eigenvalue weighted by Crippen LogP contribution is -2.49. The Kier molecular flexibility index (Phi) is 4.52. The third-order valence-corrected chi connectivity index (χ3v) is 6.33. The van der Waals surface area contributed by atoms with Crippen LogP contribution in [0.25, 0.3) is 11.3 Å². The fourth-order valence-electron chi connectivity index (χ4n) is 4.51. The van der Waals surface area contributed by atoms with Gasteiger partial charge in [-0.1, -0.05) is 29.3 Å². The van der Waals surface area contributed by atoms with Crippen LogP contribution in [-0.4, -0.2) is 28.5 Å². The molecule has 29 heavy (non-hydrogen) atoms. The van der Waals surface area contributed by atoms with E-state index in [4.69, 9.17) is 27.6 Å². The van der Waals surface area contributed by atoms with Crippen molar-refractivity contribution in [2.45, 2.75) is 18.9 Å². The van der Waals surface area contributed by atoms with Crippen LogP contribution in [0, 0.1) is 5.92 Å². The molecule has 0 aliphatic carbocycles. The van der Waals surface area contributed by atoms with Crippen molar-refractivity contribution in [1.29, 1.82) is 0 Å². The Morgan fingerprint density at radius 3 is 2.72 bits per heavy atom. The highest BCUT2D eigenvalue weighted by Gasteiger charge is 2.37. The molecule has 1 fully saturated rings. The van der Waals surface area contributed by atoms with E-state index in [-0.39, 0.29) is 29.1 Å². The lowest BCUT2D eigenvalue weighted by Gasteiger charge is -2.42. The molecule has 5 rings (SSSR count). The summed E-state index contributed by atoms with van der Waals surface area (Å²) in [7, 11) is 0. The van der Waals surface area contributed by atoms with Gasteiger partial charge in [-0.05, 0) is 48.7 Å². The normalized spacial score (nSPS) is 20.4. The zero-order valence-corrected chi connectivity index (χ0v) is 17.0. The van der Waals surface area contributed by atoms with Crippen LogP contribution in [0.3, 0.4) is 0 Å². The average Bonchev–Trinajstić information content (AvgIpc) is 3.18. The summed E-state index contributed by atoms with van der Waals surface area (Å²) in [5.41, 5.74) is 1.74. The number of carbonyl (C=O) groups is 1. The van der Waals surface area contributed by atoms with Crippen molar-refractivity contribution in [2.24, 2.45) is 5.92 Å². The summed E-state index contributed by atoms with van der Waals surface area (Å²) in [6, 6.07) is 14.0. The SMILES string of the molecule is O=C(c1ccc(-c2ccc(Cl)cc2Cl)o1)N1C[C@@H]2C[C@H](C1)c1cccc(=O)n1C2. The fourth-order valence-corrected chi connectivity index (χ4v) is 5.01. The smallest absolute Gasteiger partial charge is 0.289 e. The first-order valence-electron chi connectivity index (χ1n) is 9.54. The summed E-state index contributed by atoms with van der Waals surface area (Å²) in [5, 5.41) is 1.02. The second-order valence-electron chi connectivity index (χ2n) is 7.70. The number of piperidine rings is 1. The van der Waals surface area contributed by atoms with Crippen molar-refractivity contribution in [3.8, 4) is 11.3 Å². The van der Waals surface area contributed by atoms with Gasteiger partial charge in [0.05, 0.1) is 5.02 Å². The Bertz CT molecular complexity index is 1170. The molecule has 2 atom stereocenters. The van der Waals surface area contributed by atoms with E-state index < -0.39 is 0 Å². The summed E-state index contributed by atoms with van der Waals surface area (Å²) in [4.78, 5) is 27.1. The van der Waals surface area contributed by atoms with Gasteiger partial charge in [-0.3, -0.25) is 9.59 Å². The number of likely N-dealkylation sites (tertiary alicyclic amines) is 1. The highest BCUT2D eigenvalue weighted by molar-refractivity contribution is 6.36. The molecule has 1 amide bonds. The molecule has 1 aromatic carbocycles. The summed E-state index contributed by atoms with van der Waals surface area (Å²) < 4.78 is 7.70. The van der Waals surface area contributed by atoms with Crippen LogP contribution in [-0.2, 0) is 6.54 Å². The Hall–Kier alpha value is -2.50.